The monoisotopic (exact) mass is 383 g/mol. The van der Waals surface area contributed by atoms with Crippen LogP contribution >= 0.6 is 0 Å². The fourth-order valence-electron chi connectivity index (χ4n) is 3.03. The van der Waals surface area contributed by atoms with Gasteiger partial charge in [-0.3, -0.25) is 4.79 Å². The summed E-state index contributed by atoms with van der Waals surface area (Å²) in [5, 5.41) is 7.62. The lowest BCUT2D eigenvalue weighted by atomic mass is 10.2. The highest BCUT2D eigenvalue weighted by Gasteiger charge is 2.14. The van der Waals surface area contributed by atoms with Crippen molar-refractivity contribution in [2.75, 3.05) is 11.9 Å². The molecule has 5 nitrogen and oxygen atoms in total. The number of hydrogen-bond acceptors (Lipinski definition) is 3. The van der Waals surface area contributed by atoms with Crippen LogP contribution in [0.15, 0.2) is 91.0 Å². The molecule has 0 fully saturated rings. The van der Waals surface area contributed by atoms with Crippen LogP contribution in [0.25, 0.3) is 16.9 Å². The predicted octanol–water partition coefficient (Wildman–Crippen LogP) is 4.87. The smallest absolute Gasteiger partial charge is 0.263 e. The first-order valence-electron chi connectivity index (χ1n) is 9.40. The van der Waals surface area contributed by atoms with Crippen LogP contribution in [0.2, 0.25) is 0 Å². The van der Waals surface area contributed by atoms with Crippen molar-refractivity contribution in [3.63, 3.8) is 0 Å². The number of para-hydroxylation sites is 2. The predicted molar refractivity (Wildman–Crippen MR) is 114 cm³/mol. The Hall–Kier alpha value is -3.86. The summed E-state index contributed by atoms with van der Waals surface area (Å²) in [6.45, 7) is 1.87. The lowest BCUT2D eigenvalue weighted by Gasteiger charge is -2.11. The van der Waals surface area contributed by atoms with E-state index < -0.39 is 0 Å². The summed E-state index contributed by atoms with van der Waals surface area (Å²) < 4.78 is 7.40. The van der Waals surface area contributed by atoms with E-state index in [1.807, 2.05) is 97.9 Å². The lowest BCUT2D eigenvalue weighted by molar-refractivity contribution is -0.118. The van der Waals surface area contributed by atoms with Crippen LogP contribution in [0.1, 0.15) is 5.56 Å². The van der Waals surface area contributed by atoms with Crippen molar-refractivity contribution >= 4 is 11.7 Å². The topological polar surface area (TPSA) is 56.1 Å². The molecule has 1 amide bonds. The molecule has 4 rings (SSSR count). The van der Waals surface area contributed by atoms with Gasteiger partial charge in [-0.05, 0) is 30.7 Å². The van der Waals surface area contributed by atoms with Gasteiger partial charge < -0.3 is 10.1 Å². The van der Waals surface area contributed by atoms with E-state index in [-0.39, 0.29) is 12.5 Å². The summed E-state index contributed by atoms with van der Waals surface area (Å²) in [7, 11) is 0. The molecule has 29 heavy (non-hydrogen) atoms. The second-order valence-electron chi connectivity index (χ2n) is 6.63. The van der Waals surface area contributed by atoms with Crippen molar-refractivity contribution in [2.45, 2.75) is 6.92 Å². The number of ether oxygens (including phenoxy) is 1. The number of benzene rings is 3. The molecule has 1 N–H and O–H groups in total. The van der Waals surface area contributed by atoms with Crippen LogP contribution in [-0.4, -0.2) is 22.3 Å². The van der Waals surface area contributed by atoms with E-state index in [1.54, 1.807) is 4.68 Å². The molecule has 0 spiro atoms. The van der Waals surface area contributed by atoms with Crippen LogP contribution in [0.4, 0.5) is 5.82 Å². The number of hydrogen-bond donors (Lipinski definition) is 1. The molecule has 1 aromatic heterocycles. The zero-order chi connectivity index (χ0) is 20.1. The molecule has 4 aromatic rings. The van der Waals surface area contributed by atoms with Crippen LogP contribution in [0, 0.1) is 6.92 Å². The van der Waals surface area contributed by atoms with Gasteiger partial charge in [0.05, 0.1) is 11.4 Å². The van der Waals surface area contributed by atoms with Gasteiger partial charge in [0, 0.05) is 11.6 Å². The van der Waals surface area contributed by atoms with Crippen molar-refractivity contribution in [1.82, 2.24) is 9.78 Å². The summed E-state index contributed by atoms with van der Waals surface area (Å²) in [5.74, 6) is 1.04. The van der Waals surface area contributed by atoms with E-state index in [1.165, 1.54) is 0 Å². The number of rotatable bonds is 6. The van der Waals surface area contributed by atoms with Crippen molar-refractivity contribution in [3.8, 4) is 22.7 Å². The number of carbonyl (C=O) groups excluding carboxylic acids is 1. The van der Waals surface area contributed by atoms with E-state index in [0.29, 0.717) is 11.6 Å². The largest absolute Gasteiger partial charge is 0.483 e. The minimum absolute atomic E-state index is 0.0779. The number of amides is 1. The number of carbonyl (C=O) groups is 1. The summed E-state index contributed by atoms with van der Waals surface area (Å²) in [6, 6.07) is 29.1. The third-order valence-electron chi connectivity index (χ3n) is 4.50. The van der Waals surface area contributed by atoms with E-state index in [0.717, 1.165) is 22.5 Å². The van der Waals surface area contributed by atoms with Crippen LogP contribution in [-0.2, 0) is 4.79 Å². The van der Waals surface area contributed by atoms with Gasteiger partial charge in [-0.15, -0.1) is 0 Å². The third-order valence-corrected chi connectivity index (χ3v) is 4.50. The molecule has 0 radical (unpaired) electrons. The Morgan fingerprint density at radius 1 is 0.931 bits per heavy atom. The van der Waals surface area contributed by atoms with Gasteiger partial charge in [-0.1, -0.05) is 66.7 Å². The first kappa shape index (κ1) is 18.5. The van der Waals surface area contributed by atoms with E-state index in [4.69, 9.17) is 9.84 Å². The molecule has 0 saturated heterocycles. The van der Waals surface area contributed by atoms with Gasteiger partial charge in [-0.25, -0.2) is 4.68 Å². The van der Waals surface area contributed by atoms with Gasteiger partial charge in [0.1, 0.15) is 11.6 Å². The van der Waals surface area contributed by atoms with Gasteiger partial charge in [0.25, 0.3) is 5.91 Å². The summed E-state index contributed by atoms with van der Waals surface area (Å²) >= 11 is 0. The van der Waals surface area contributed by atoms with Crippen molar-refractivity contribution in [3.05, 3.63) is 96.6 Å². The highest BCUT2D eigenvalue weighted by molar-refractivity contribution is 5.92. The molecule has 0 atom stereocenters. The van der Waals surface area contributed by atoms with E-state index in [2.05, 4.69) is 5.32 Å². The summed E-state index contributed by atoms with van der Waals surface area (Å²) in [5.41, 5.74) is 3.62. The normalized spacial score (nSPS) is 10.5. The zero-order valence-corrected chi connectivity index (χ0v) is 16.1. The second kappa shape index (κ2) is 8.44. The minimum atomic E-state index is -0.245. The molecule has 1 heterocycles. The zero-order valence-electron chi connectivity index (χ0n) is 16.1. The fourth-order valence-corrected chi connectivity index (χ4v) is 3.03. The number of aryl methyl sites for hydroxylation is 1. The van der Waals surface area contributed by atoms with Gasteiger partial charge in [0.15, 0.2) is 6.61 Å². The molecule has 5 heteroatoms. The average Bonchev–Trinajstić information content (AvgIpc) is 3.18. The van der Waals surface area contributed by atoms with Gasteiger partial charge >= 0.3 is 0 Å². The van der Waals surface area contributed by atoms with Gasteiger partial charge in [0.2, 0.25) is 0 Å². The number of nitrogens with zero attached hydrogens (tertiary/aromatic N) is 2. The standard InChI is InChI=1S/C24H21N3O2/c1-18-10-8-9-15-22(18)29-17-24(28)25-23-16-21(19-11-4-2-5-12-19)26-27(23)20-13-6-3-7-14-20/h2-16H,17H2,1H3,(H,25,28). The molecule has 0 aliphatic heterocycles. The summed E-state index contributed by atoms with van der Waals surface area (Å²) in [4.78, 5) is 12.5. The molecule has 0 unspecified atom stereocenters. The maximum absolute atomic E-state index is 12.5. The highest BCUT2D eigenvalue weighted by Crippen LogP contribution is 2.25. The molecular weight excluding hydrogens is 362 g/mol. The SMILES string of the molecule is Cc1ccccc1OCC(=O)Nc1cc(-c2ccccc2)nn1-c1ccccc1. The maximum atomic E-state index is 12.5. The maximum Gasteiger partial charge on any atom is 0.263 e. The highest BCUT2D eigenvalue weighted by atomic mass is 16.5. The molecule has 0 bridgehead atoms. The number of anilines is 1. The Kier molecular flexibility index (Phi) is 5.38. The van der Waals surface area contributed by atoms with E-state index in [9.17, 15) is 4.79 Å². The fraction of sp³-hybridized carbons (Fsp3) is 0.0833. The summed E-state index contributed by atoms with van der Waals surface area (Å²) in [6.07, 6.45) is 0. The minimum Gasteiger partial charge on any atom is -0.483 e. The quantitative estimate of drug-likeness (QED) is 0.517. The van der Waals surface area contributed by atoms with Crippen LogP contribution in [0.3, 0.4) is 0 Å². The molecule has 0 aliphatic carbocycles. The van der Waals surface area contributed by atoms with Crippen molar-refractivity contribution < 1.29 is 9.53 Å². The Morgan fingerprint density at radius 3 is 2.31 bits per heavy atom. The lowest BCUT2D eigenvalue weighted by Crippen LogP contribution is -2.22. The Bertz CT molecular complexity index is 1110. The first-order valence-corrected chi connectivity index (χ1v) is 9.40. The molecule has 144 valence electrons. The number of aromatic nitrogens is 2. The Morgan fingerprint density at radius 2 is 1.59 bits per heavy atom. The Balaban J connectivity index is 1.57. The van der Waals surface area contributed by atoms with E-state index >= 15 is 0 Å². The van der Waals surface area contributed by atoms with Crippen molar-refractivity contribution in [1.29, 1.82) is 0 Å². The third kappa shape index (κ3) is 4.35. The van der Waals surface area contributed by atoms with Crippen molar-refractivity contribution in [2.24, 2.45) is 0 Å². The number of nitrogens with one attached hydrogen (secondary N) is 1. The second-order valence-corrected chi connectivity index (χ2v) is 6.63. The van der Waals surface area contributed by atoms with Gasteiger partial charge in [-0.2, -0.15) is 5.10 Å². The van der Waals surface area contributed by atoms with Crippen LogP contribution in [0.5, 0.6) is 5.75 Å². The average molecular weight is 383 g/mol. The Labute approximate surface area is 169 Å². The first-order chi connectivity index (χ1) is 14.2. The molecular formula is C24H21N3O2. The van der Waals surface area contributed by atoms with Crippen LogP contribution < -0.4 is 10.1 Å². The molecule has 0 aliphatic rings. The molecule has 3 aromatic carbocycles. The molecule has 0 saturated carbocycles.